The Morgan fingerprint density at radius 1 is 1.00 bits per heavy atom. The summed E-state index contributed by atoms with van der Waals surface area (Å²) in [7, 11) is 0. The number of nitrogens with zero attached hydrogens (tertiary/aromatic N) is 3. The van der Waals surface area contributed by atoms with Crippen LogP contribution in [-0.2, 0) is 6.18 Å². The zero-order chi connectivity index (χ0) is 13.2. The third-order valence-electron chi connectivity index (χ3n) is 1.86. The van der Waals surface area contributed by atoms with Gasteiger partial charge >= 0.3 is 6.18 Å². The number of pyridine rings is 1. The maximum absolute atomic E-state index is 12.3. The lowest BCUT2D eigenvalue weighted by atomic mass is 10.3. The second-order valence-electron chi connectivity index (χ2n) is 3.17. The second-order valence-corrected chi connectivity index (χ2v) is 5.07. The van der Waals surface area contributed by atoms with Crippen LogP contribution >= 0.6 is 27.7 Å². The lowest BCUT2D eigenvalue weighted by molar-refractivity contribution is -0.137. The number of rotatable bonds is 2. The summed E-state index contributed by atoms with van der Waals surface area (Å²) in [4.78, 5) is 11.7. The molecule has 0 fully saturated rings. The highest BCUT2D eigenvalue weighted by molar-refractivity contribution is 9.10. The number of aromatic nitrogens is 3. The maximum atomic E-state index is 12.3. The summed E-state index contributed by atoms with van der Waals surface area (Å²) in [5.74, 6) is 0. The molecule has 0 N–H and O–H groups in total. The lowest BCUT2D eigenvalue weighted by Crippen LogP contribution is -2.05. The van der Waals surface area contributed by atoms with Gasteiger partial charge in [-0.2, -0.15) is 13.2 Å². The molecule has 0 amide bonds. The quantitative estimate of drug-likeness (QED) is 0.782. The first-order valence-corrected chi connectivity index (χ1v) is 6.25. The molecular weight excluding hydrogens is 331 g/mol. The van der Waals surface area contributed by atoms with E-state index in [1.165, 1.54) is 6.07 Å². The molecule has 2 heterocycles. The molecule has 0 unspecified atom stereocenters. The van der Waals surface area contributed by atoms with Crippen LogP contribution in [0.4, 0.5) is 13.2 Å². The summed E-state index contributed by atoms with van der Waals surface area (Å²) in [5.41, 5.74) is -0.774. The molecule has 0 aromatic carbocycles. The molecule has 0 aliphatic rings. The largest absolute Gasteiger partial charge is 0.417 e. The zero-order valence-electron chi connectivity index (χ0n) is 8.65. The highest BCUT2D eigenvalue weighted by Gasteiger charge is 2.30. The monoisotopic (exact) mass is 335 g/mol. The van der Waals surface area contributed by atoms with Crippen molar-refractivity contribution in [3.05, 3.63) is 40.8 Å². The van der Waals surface area contributed by atoms with Crippen molar-refractivity contribution in [3.63, 3.8) is 0 Å². The fourth-order valence-electron chi connectivity index (χ4n) is 1.06. The average Bonchev–Trinajstić information content (AvgIpc) is 2.32. The van der Waals surface area contributed by atoms with Crippen LogP contribution in [0.15, 0.2) is 45.4 Å². The summed E-state index contributed by atoms with van der Waals surface area (Å²) < 4.78 is 37.7. The number of alkyl halides is 3. The highest BCUT2D eigenvalue weighted by atomic mass is 79.9. The molecule has 0 spiro atoms. The second kappa shape index (κ2) is 5.23. The van der Waals surface area contributed by atoms with Crippen LogP contribution in [0.2, 0.25) is 0 Å². The van der Waals surface area contributed by atoms with Gasteiger partial charge in [-0.3, -0.25) is 0 Å². The average molecular weight is 336 g/mol. The Bertz CT molecular complexity index is 528. The minimum Gasteiger partial charge on any atom is -0.249 e. The SMILES string of the molecule is FC(F)(F)c1ccc(Sc2ncc(Br)cn2)nc1. The molecule has 0 radical (unpaired) electrons. The number of hydrogen-bond donors (Lipinski definition) is 0. The van der Waals surface area contributed by atoms with Crippen LogP contribution < -0.4 is 0 Å². The Kier molecular flexibility index (Phi) is 3.86. The van der Waals surface area contributed by atoms with Crippen LogP contribution in [0.1, 0.15) is 5.56 Å². The van der Waals surface area contributed by atoms with Gasteiger partial charge in [-0.15, -0.1) is 0 Å². The number of halogens is 4. The molecule has 3 nitrogen and oxygen atoms in total. The Hall–Kier alpha value is -1.15. The minimum atomic E-state index is -4.37. The predicted octanol–water partition coefficient (Wildman–Crippen LogP) is 3.80. The van der Waals surface area contributed by atoms with E-state index in [4.69, 9.17) is 0 Å². The van der Waals surface area contributed by atoms with E-state index in [1.54, 1.807) is 12.4 Å². The molecule has 2 aromatic heterocycles. The molecule has 2 aromatic rings. The minimum absolute atomic E-state index is 0.408. The van der Waals surface area contributed by atoms with Gasteiger partial charge in [0.05, 0.1) is 10.0 Å². The van der Waals surface area contributed by atoms with Crippen molar-refractivity contribution < 1.29 is 13.2 Å². The fraction of sp³-hybridized carbons (Fsp3) is 0.100. The molecule has 2 rings (SSSR count). The third-order valence-corrected chi connectivity index (χ3v) is 3.11. The van der Waals surface area contributed by atoms with E-state index in [1.807, 2.05) is 0 Å². The van der Waals surface area contributed by atoms with Crippen molar-refractivity contribution in [2.45, 2.75) is 16.4 Å². The first kappa shape index (κ1) is 13.3. The fourth-order valence-corrected chi connectivity index (χ4v) is 1.90. The number of hydrogen-bond acceptors (Lipinski definition) is 4. The molecule has 0 aliphatic heterocycles. The van der Waals surface area contributed by atoms with Crippen LogP contribution in [0.5, 0.6) is 0 Å². The molecule has 0 atom stereocenters. The summed E-state index contributed by atoms with van der Waals surface area (Å²) in [6.07, 6.45) is -0.468. The van der Waals surface area contributed by atoms with Crippen molar-refractivity contribution in [3.8, 4) is 0 Å². The van der Waals surface area contributed by atoms with E-state index in [9.17, 15) is 13.2 Å². The Morgan fingerprint density at radius 3 is 2.17 bits per heavy atom. The van der Waals surface area contributed by atoms with Gasteiger partial charge < -0.3 is 0 Å². The molecule has 0 saturated carbocycles. The van der Waals surface area contributed by atoms with Crippen molar-refractivity contribution in [1.29, 1.82) is 0 Å². The van der Waals surface area contributed by atoms with Gasteiger partial charge in [-0.05, 0) is 39.8 Å². The molecule has 18 heavy (non-hydrogen) atoms. The van der Waals surface area contributed by atoms with Gasteiger partial charge in [0.1, 0.15) is 5.03 Å². The molecule has 0 aliphatic carbocycles. The first-order valence-electron chi connectivity index (χ1n) is 4.64. The molecule has 0 bridgehead atoms. The van der Waals surface area contributed by atoms with E-state index in [-0.39, 0.29) is 0 Å². The van der Waals surface area contributed by atoms with Gasteiger partial charge in [-0.1, -0.05) is 0 Å². The smallest absolute Gasteiger partial charge is 0.249 e. The Morgan fingerprint density at radius 2 is 1.67 bits per heavy atom. The highest BCUT2D eigenvalue weighted by Crippen LogP contribution is 2.30. The summed E-state index contributed by atoms with van der Waals surface area (Å²) in [6.45, 7) is 0. The van der Waals surface area contributed by atoms with E-state index in [2.05, 4.69) is 30.9 Å². The first-order chi connectivity index (χ1) is 8.45. The van der Waals surface area contributed by atoms with Crippen molar-refractivity contribution in [2.24, 2.45) is 0 Å². The van der Waals surface area contributed by atoms with Gasteiger partial charge in [0.15, 0.2) is 5.16 Å². The molecule has 0 saturated heterocycles. The normalized spacial score (nSPS) is 11.6. The zero-order valence-corrected chi connectivity index (χ0v) is 11.1. The van der Waals surface area contributed by atoms with Gasteiger partial charge in [0.2, 0.25) is 0 Å². The standard InChI is InChI=1S/C10H5BrF3N3S/c11-7-4-16-9(17-5-7)18-8-2-1-6(3-15-8)10(12,13)14/h1-5H. The lowest BCUT2D eigenvalue weighted by Gasteiger charge is -2.06. The van der Waals surface area contributed by atoms with E-state index >= 15 is 0 Å². The van der Waals surface area contributed by atoms with Gasteiger partial charge in [0.25, 0.3) is 0 Å². The van der Waals surface area contributed by atoms with Crippen molar-refractivity contribution >= 4 is 27.7 Å². The van der Waals surface area contributed by atoms with E-state index in [0.717, 1.165) is 28.5 Å². The van der Waals surface area contributed by atoms with Crippen LogP contribution in [0.25, 0.3) is 0 Å². The summed E-state index contributed by atoms with van der Waals surface area (Å²) >= 11 is 4.28. The van der Waals surface area contributed by atoms with Crippen LogP contribution in [0, 0.1) is 0 Å². The van der Waals surface area contributed by atoms with Gasteiger partial charge in [-0.25, -0.2) is 15.0 Å². The maximum Gasteiger partial charge on any atom is 0.417 e. The van der Waals surface area contributed by atoms with Crippen LogP contribution in [-0.4, -0.2) is 15.0 Å². The summed E-state index contributed by atoms with van der Waals surface area (Å²) in [6, 6.07) is 2.27. The molecule has 94 valence electrons. The van der Waals surface area contributed by atoms with Crippen molar-refractivity contribution in [2.75, 3.05) is 0 Å². The van der Waals surface area contributed by atoms with Crippen LogP contribution in [0.3, 0.4) is 0 Å². The topological polar surface area (TPSA) is 38.7 Å². The third kappa shape index (κ3) is 3.42. The predicted molar refractivity (Wildman–Crippen MR) is 63.1 cm³/mol. The van der Waals surface area contributed by atoms with Gasteiger partial charge in [0, 0.05) is 18.6 Å². The van der Waals surface area contributed by atoms with E-state index < -0.39 is 11.7 Å². The summed E-state index contributed by atoms with van der Waals surface area (Å²) in [5, 5.41) is 0.829. The molecular formula is C10H5BrF3N3S. The van der Waals surface area contributed by atoms with E-state index in [0.29, 0.717) is 10.2 Å². The Balaban J connectivity index is 2.13. The van der Waals surface area contributed by atoms with Crippen molar-refractivity contribution in [1.82, 2.24) is 15.0 Å². The molecule has 8 heteroatoms. The Labute approximate surface area is 113 Å².